The highest BCUT2D eigenvalue weighted by molar-refractivity contribution is 5.99. The highest BCUT2D eigenvalue weighted by Gasteiger charge is 2.12. The lowest BCUT2D eigenvalue weighted by Crippen LogP contribution is -2.27. The zero-order valence-corrected chi connectivity index (χ0v) is 16.6. The number of amides is 1. The van der Waals surface area contributed by atoms with Gasteiger partial charge < -0.3 is 15.2 Å². The normalized spacial score (nSPS) is 13.0. The molecule has 1 heterocycles. The van der Waals surface area contributed by atoms with Crippen molar-refractivity contribution in [2.75, 3.05) is 27.4 Å². The highest BCUT2D eigenvalue weighted by atomic mass is 19.4. The Balaban J connectivity index is 0.000000627. The minimum Gasteiger partial charge on any atom is -0.400 e. The topological polar surface area (TPSA) is 71.5 Å². The summed E-state index contributed by atoms with van der Waals surface area (Å²) in [6.07, 6.45) is 8.75. The molecule has 2 aromatic rings. The van der Waals surface area contributed by atoms with Gasteiger partial charge in [0.25, 0.3) is 5.91 Å². The number of methoxy groups -OCH3 is 1. The van der Waals surface area contributed by atoms with Crippen molar-refractivity contribution in [3.05, 3.63) is 47.7 Å². The summed E-state index contributed by atoms with van der Waals surface area (Å²) in [5.74, 6) is -0.112. The van der Waals surface area contributed by atoms with Crippen molar-refractivity contribution >= 4 is 22.4 Å². The van der Waals surface area contributed by atoms with Crippen LogP contribution >= 0.6 is 0 Å². The average Bonchev–Trinajstić information content (AvgIpc) is 2.74. The number of fused-ring (bicyclic) bond motifs is 1. The third kappa shape index (κ3) is 8.21. The van der Waals surface area contributed by atoms with E-state index in [1.807, 2.05) is 18.2 Å². The van der Waals surface area contributed by atoms with Gasteiger partial charge in [-0.05, 0) is 37.3 Å². The number of aliphatic hydroxyl groups is 1. The van der Waals surface area contributed by atoms with Crippen molar-refractivity contribution in [2.24, 2.45) is 0 Å². The molecule has 0 unspecified atom stereocenters. The maximum atomic E-state index is 12.1. The second-order valence-electron chi connectivity index (χ2n) is 6.07. The first-order chi connectivity index (χ1) is 14.0. The number of hydrogen-bond donors (Lipinski definition) is 2. The third-order valence-electron chi connectivity index (χ3n) is 4.20. The van der Waals surface area contributed by atoms with Gasteiger partial charge in [-0.3, -0.25) is 9.78 Å². The molecule has 0 atom stereocenters. The van der Waals surface area contributed by atoms with Crippen molar-refractivity contribution in [3.63, 3.8) is 0 Å². The van der Waals surface area contributed by atoms with Gasteiger partial charge in [0, 0.05) is 37.9 Å². The fourth-order valence-electron chi connectivity index (χ4n) is 3.00. The monoisotopic (exact) mass is 412 g/mol. The highest BCUT2D eigenvalue weighted by Crippen LogP contribution is 2.31. The quantitative estimate of drug-likeness (QED) is 0.716. The van der Waals surface area contributed by atoms with Crippen molar-refractivity contribution in [1.82, 2.24) is 10.3 Å². The second kappa shape index (κ2) is 13.7. The predicted octanol–water partition coefficient (Wildman–Crippen LogP) is 4.36. The number of carbonyl (C=O) groups is 1. The van der Waals surface area contributed by atoms with Gasteiger partial charge in [-0.1, -0.05) is 24.3 Å². The Bertz CT molecular complexity index is 795. The number of rotatable bonds is 5. The summed E-state index contributed by atoms with van der Waals surface area (Å²) in [5, 5.41) is 10.8. The van der Waals surface area contributed by atoms with Gasteiger partial charge in [-0.15, -0.1) is 0 Å². The molecule has 1 aromatic carbocycles. The van der Waals surface area contributed by atoms with Gasteiger partial charge in [0.15, 0.2) is 0 Å². The zero-order valence-electron chi connectivity index (χ0n) is 16.6. The van der Waals surface area contributed by atoms with Crippen LogP contribution in [0.25, 0.3) is 16.5 Å². The molecule has 0 aliphatic heterocycles. The lowest BCUT2D eigenvalue weighted by Gasteiger charge is -2.15. The number of carbonyl (C=O) groups excluding carboxylic acids is 1. The number of halogens is 3. The van der Waals surface area contributed by atoms with Crippen LogP contribution in [0, 0.1) is 0 Å². The Labute approximate surface area is 168 Å². The van der Waals surface area contributed by atoms with Crippen LogP contribution in [-0.2, 0) is 4.74 Å². The minimum absolute atomic E-state index is 0.112. The number of benzene rings is 1. The smallest absolute Gasteiger partial charge is 0.379 e. The molecule has 1 aliphatic rings. The minimum atomic E-state index is -3.67. The number of nitrogens with zero attached hydrogens (tertiary/aromatic N) is 1. The van der Waals surface area contributed by atoms with Gasteiger partial charge in [-0.2, -0.15) is 13.2 Å². The van der Waals surface area contributed by atoms with E-state index in [-0.39, 0.29) is 5.91 Å². The van der Waals surface area contributed by atoms with E-state index < -0.39 is 6.68 Å². The van der Waals surface area contributed by atoms with Crippen LogP contribution in [0.1, 0.15) is 41.6 Å². The zero-order chi connectivity index (χ0) is 21.6. The standard InChI is InChI=1S/C19H22N2O2.CHF3.CH4O/c1-23-11-10-20-19(22)16-12-15-8-5-9-17(18(15)21-13-16)14-6-3-2-4-7-14;2-1(3)4;1-2/h5-6,8-9,12-13H,2-4,7,10-11H2,1H3,(H,20,22);1H;2H,1H3. The Kier molecular flexibility index (Phi) is 11.6. The average molecular weight is 412 g/mol. The molecule has 3 rings (SSSR count). The number of pyridine rings is 1. The summed E-state index contributed by atoms with van der Waals surface area (Å²) in [7, 11) is 2.62. The summed E-state index contributed by atoms with van der Waals surface area (Å²) in [6.45, 7) is -2.66. The molecule has 1 aliphatic carbocycles. The van der Waals surface area contributed by atoms with E-state index in [9.17, 15) is 18.0 Å². The Morgan fingerprint density at radius 2 is 2.00 bits per heavy atom. The Morgan fingerprint density at radius 3 is 2.62 bits per heavy atom. The molecule has 0 saturated heterocycles. The molecule has 0 spiro atoms. The van der Waals surface area contributed by atoms with Crippen LogP contribution < -0.4 is 5.32 Å². The maximum absolute atomic E-state index is 12.1. The van der Waals surface area contributed by atoms with Crippen molar-refractivity contribution in [3.8, 4) is 0 Å². The fraction of sp³-hybridized carbons (Fsp3) is 0.429. The first-order valence-corrected chi connectivity index (χ1v) is 9.25. The van der Waals surface area contributed by atoms with E-state index in [1.54, 1.807) is 13.3 Å². The number of alkyl halides is 3. The lowest BCUT2D eigenvalue weighted by molar-refractivity contribution is 0.00818. The van der Waals surface area contributed by atoms with E-state index >= 15 is 0 Å². The summed E-state index contributed by atoms with van der Waals surface area (Å²) in [4.78, 5) is 16.7. The van der Waals surface area contributed by atoms with E-state index in [0.717, 1.165) is 30.9 Å². The van der Waals surface area contributed by atoms with E-state index in [2.05, 4.69) is 22.4 Å². The number of ether oxygens (including phenoxy) is 1. The first-order valence-electron chi connectivity index (χ1n) is 9.25. The van der Waals surface area contributed by atoms with E-state index in [1.165, 1.54) is 24.0 Å². The maximum Gasteiger partial charge on any atom is 0.379 e. The van der Waals surface area contributed by atoms with Crippen molar-refractivity contribution in [2.45, 2.75) is 32.4 Å². The van der Waals surface area contributed by atoms with Crippen LogP contribution in [0.3, 0.4) is 0 Å². The first kappa shape index (κ1) is 24.6. The number of allylic oxidation sites excluding steroid dienone is 2. The molecule has 0 bridgehead atoms. The molecule has 160 valence electrons. The van der Waals surface area contributed by atoms with Gasteiger partial charge in [0.1, 0.15) is 0 Å². The predicted molar refractivity (Wildman–Crippen MR) is 108 cm³/mol. The van der Waals surface area contributed by atoms with Gasteiger partial charge in [-0.25, -0.2) is 0 Å². The fourth-order valence-corrected chi connectivity index (χ4v) is 3.00. The molecule has 1 amide bonds. The number of nitrogens with one attached hydrogen (secondary N) is 1. The molecule has 5 nitrogen and oxygen atoms in total. The van der Waals surface area contributed by atoms with Crippen LogP contribution in [0.2, 0.25) is 0 Å². The summed E-state index contributed by atoms with van der Waals surface area (Å²) in [6, 6.07) is 8.10. The number of aromatic nitrogens is 1. The second-order valence-corrected chi connectivity index (χ2v) is 6.07. The van der Waals surface area contributed by atoms with Gasteiger partial charge in [0.2, 0.25) is 0 Å². The summed E-state index contributed by atoms with van der Waals surface area (Å²) < 4.78 is 33.9. The van der Waals surface area contributed by atoms with Crippen LogP contribution in [0.15, 0.2) is 36.5 Å². The third-order valence-corrected chi connectivity index (χ3v) is 4.20. The molecule has 0 saturated carbocycles. The van der Waals surface area contributed by atoms with Crippen LogP contribution in [0.4, 0.5) is 13.2 Å². The van der Waals surface area contributed by atoms with E-state index in [0.29, 0.717) is 18.7 Å². The van der Waals surface area contributed by atoms with Crippen molar-refractivity contribution in [1.29, 1.82) is 0 Å². The number of aliphatic hydroxyl groups excluding tert-OH is 1. The summed E-state index contributed by atoms with van der Waals surface area (Å²) in [5.41, 5.74) is 4.15. The Hall–Kier alpha value is -2.45. The SMILES string of the molecule is CO.COCCNC(=O)c1cnc2c(C3=CCCCC3)cccc2c1.FC(F)F. The van der Waals surface area contributed by atoms with E-state index in [4.69, 9.17) is 9.84 Å². The van der Waals surface area contributed by atoms with Crippen LogP contribution in [0.5, 0.6) is 0 Å². The number of hydrogen-bond acceptors (Lipinski definition) is 4. The largest absolute Gasteiger partial charge is 0.400 e. The molecule has 0 fully saturated rings. The number of para-hydroxylation sites is 1. The Morgan fingerprint density at radius 1 is 1.28 bits per heavy atom. The molecule has 8 heteroatoms. The van der Waals surface area contributed by atoms with Gasteiger partial charge in [0.05, 0.1) is 17.7 Å². The molecule has 29 heavy (non-hydrogen) atoms. The van der Waals surface area contributed by atoms with Crippen molar-refractivity contribution < 1.29 is 27.8 Å². The molecular weight excluding hydrogens is 385 g/mol. The summed E-state index contributed by atoms with van der Waals surface area (Å²) >= 11 is 0. The molecule has 0 radical (unpaired) electrons. The van der Waals surface area contributed by atoms with Gasteiger partial charge >= 0.3 is 6.68 Å². The molecular formula is C21H27F3N2O3. The lowest BCUT2D eigenvalue weighted by atomic mass is 9.92. The van der Waals surface area contributed by atoms with Crippen LogP contribution in [-0.4, -0.2) is 50.0 Å². The molecule has 1 aromatic heterocycles. The molecule has 2 N–H and O–H groups in total.